The van der Waals surface area contributed by atoms with Crippen LogP contribution in [0.5, 0.6) is 5.75 Å². The third-order valence-electron chi connectivity index (χ3n) is 6.55. The summed E-state index contributed by atoms with van der Waals surface area (Å²) in [6, 6.07) is 31.9. The standard InChI is InChI=1S/C31H26BrN7O3/c32-22-12-14-23(15-13-22)33-29(40)19-38-18-25(35-37-38)20-42-26-16-10-21(11-17-26)30-34-28-9-5-4-8-27(28)31(41)39(30)36-24-6-2-1-3-7-24/h1-18,30,34,36H,19-20H2,(H,33,40). The van der Waals surface area contributed by atoms with Gasteiger partial charge in [0.1, 0.15) is 30.8 Å². The minimum absolute atomic E-state index is 0.0293. The van der Waals surface area contributed by atoms with E-state index in [-0.39, 0.29) is 25.0 Å². The fourth-order valence-electron chi connectivity index (χ4n) is 4.52. The average molecular weight is 624 g/mol. The molecule has 0 saturated carbocycles. The summed E-state index contributed by atoms with van der Waals surface area (Å²) in [7, 11) is 0. The van der Waals surface area contributed by atoms with Gasteiger partial charge in [0.05, 0.1) is 17.4 Å². The van der Waals surface area contributed by atoms with E-state index >= 15 is 0 Å². The van der Waals surface area contributed by atoms with Crippen molar-refractivity contribution in [3.63, 3.8) is 0 Å². The Labute approximate surface area is 250 Å². The molecule has 1 aliphatic rings. The molecule has 210 valence electrons. The number of anilines is 3. The quantitative estimate of drug-likeness (QED) is 0.189. The number of para-hydroxylation sites is 2. The molecule has 0 saturated heterocycles. The number of fused-ring (bicyclic) bond motifs is 1. The zero-order valence-corrected chi connectivity index (χ0v) is 23.9. The number of nitrogens with one attached hydrogen (secondary N) is 3. The maximum absolute atomic E-state index is 13.5. The molecule has 1 unspecified atom stereocenters. The van der Waals surface area contributed by atoms with Gasteiger partial charge in [-0.2, -0.15) is 0 Å². The molecule has 0 spiro atoms. The summed E-state index contributed by atoms with van der Waals surface area (Å²) in [5.41, 5.74) is 7.58. The first-order valence-corrected chi connectivity index (χ1v) is 14.0. The summed E-state index contributed by atoms with van der Waals surface area (Å²) in [6.07, 6.45) is 1.22. The largest absolute Gasteiger partial charge is 0.487 e. The Balaban J connectivity index is 1.09. The summed E-state index contributed by atoms with van der Waals surface area (Å²) >= 11 is 3.38. The number of hydrogen-bond acceptors (Lipinski definition) is 7. The van der Waals surface area contributed by atoms with E-state index in [9.17, 15) is 9.59 Å². The second-order valence-corrected chi connectivity index (χ2v) is 10.5. The van der Waals surface area contributed by atoms with Gasteiger partial charge in [0.15, 0.2) is 0 Å². The number of aromatic nitrogens is 3. The Morgan fingerprint density at radius 1 is 0.905 bits per heavy atom. The van der Waals surface area contributed by atoms with Crippen molar-refractivity contribution >= 4 is 44.8 Å². The van der Waals surface area contributed by atoms with Crippen molar-refractivity contribution in [3.05, 3.63) is 131 Å². The smallest absolute Gasteiger partial charge is 0.276 e. The molecule has 10 nitrogen and oxygen atoms in total. The molecule has 1 aromatic heterocycles. The van der Waals surface area contributed by atoms with E-state index in [2.05, 4.69) is 42.3 Å². The minimum atomic E-state index is -0.454. The van der Waals surface area contributed by atoms with Crippen molar-refractivity contribution in [1.82, 2.24) is 20.0 Å². The zero-order valence-electron chi connectivity index (χ0n) is 22.3. The molecular formula is C31H26BrN7O3. The Hall–Kier alpha value is -5.16. The summed E-state index contributed by atoms with van der Waals surface area (Å²) in [6.45, 7) is 0.213. The number of carbonyl (C=O) groups is 2. The first-order valence-electron chi connectivity index (χ1n) is 13.2. The van der Waals surface area contributed by atoms with Gasteiger partial charge in [0.25, 0.3) is 5.91 Å². The maximum Gasteiger partial charge on any atom is 0.276 e. The number of hydrogen-bond donors (Lipinski definition) is 3. The van der Waals surface area contributed by atoms with Crippen LogP contribution in [0.1, 0.15) is 27.8 Å². The van der Waals surface area contributed by atoms with Gasteiger partial charge >= 0.3 is 0 Å². The van der Waals surface area contributed by atoms with E-state index in [4.69, 9.17) is 4.74 Å². The van der Waals surface area contributed by atoms with Crippen molar-refractivity contribution < 1.29 is 14.3 Å². The number of benzene rings is 4. The van der Waals surface area contributed by atoms with Crippen molar-refractivity contribution in [1.29, 1.82) is 0 Å². The van der Waals surface area contributed by atoms with Crippen LogP contribution >= 0.6 is 15.9 Å². The SMILES string of the molecule is O=C(Cn1cc(COc2ccc(C3Nc4ccccc4C(=O)N3Nc3ccccc3)cc2)nn1)Nc1ccc(Br)cc1. The van der Waals surface area contributed by atoms with Gasteiger partial charge in [0.2, 0.25) is 5.91 Å². The molecule has 1 atom stereocenters. The molecule has 0 fully saturated rings. The van der Waals surface area contributed by atoms with Gasteiger partial charge in [0, 0.05) is 15.8 Å². The van der Waals surface area contributed by atoms with Crippen molar-refractivity contribution in [2.24, 2.45) is 0 Å². The van der Waals surface area contributed by atoms with Gasteiger partial charge in [-0.3, -0.25) is 15.0 Å². The number of nitrogens with zero attached hydrogens (tertiary/aromatic N) is 4. The first-order chi connectivity index (χ1) is 20.5. The Kier molecular flexibility index (Phi) is 7.82. The number of rotatable bonds is 9. The normalized spacial score (nSPS) is 14.1. The third-order valence-corrected chi connectivity index (χ3v) is 7.08. The second-order valence-electron chi connectivity index (χ2n) is 9.57. The lowest BCUT2D eigenvalue weighted by molar-refractivity contribution is -0.116. The maximum atomic E-state index is 13.5. The summed E-state index contributed by atoms with van der Waals surface area (Å²) < 4.78 is 8.32. The van der Waals surface area contributed by atoms with E-state index < -0.39 is 6.17 Å². The number of hydrazine groups is 1. The Morgan fingerprint density at radius 3 is 2.43 bits per heavy atom. The molecule has 42 heavy (non-hydrogen) atoms. The van der Waals surface area contributed by atoms with Gasteiger partial charge in [-0.25, -0.2) is 9.69 Å². The van der Waals surface area contributed by atoms with Crippen molar-refractivity contribution in [2.45, 2.75) is 19.3 Å². The van der Waals surface area contributed by atoms with Crippen LogP contribution in [0.25, 0.3) is 0 Å². The molecule has 0 aliphatic carbocycles. The highest BCUT2D eigenvalue weighted by molar-refractivity contribution is 9.10. The summed E-state index contributed by atoms with van der Waals surface area (Å²) in [5, 5.41) is 16.0. The molecule has 0 bridgehead atoms. The molecule has 0 radical (unpaired) electrons. The van der Waals surface area contributed by atoms with Gasteiger partial charge < -0.3 is 15.4 Å². The van der Waals surface area contributed by atoms with E-state index in [0.717, 1.165) is 21.4 Å². The predicted octanol–water partition coefficient (Wildman–Crippen LogP) is 5.85. The van der Waals surface area contributed by atoms with Crippen LogP contribution in [0.4, 0.5) is 17.1 Å². The van der Waals surface area contributed by atoms with Crippen LogP contribution in [0.2, 0.25) is 0 Å². The van der Waals surface area contributed by atoms with E-state index in [1.807, 2.05) is 103 Å². The molecule has 2 heterocycles. The third kappa shape index (κ3) is 6.26. The molecule has 6 rings (SSSR count). The number of carbonyl (C=O) groups excluding carboxylic acids is 2. The van der Waals surface area contributed by atoms with Gasteiger partial charge in [-0.1, -0.05) is 63.6 Å². The highest BCUT2D eigenvalue weighted by atomic mass is 79.9. The lowest BCUT2D eigenvalue weighted by Gasteiger charge is -2.38. The lowest BCUT2D eigenvalue weighted by atomic mass is 10.0. The Morgan fingerprint density at radius 2 is 1.64 bits per heavy atom. The van der Waals surface area contributed by atoms with Crippen LogP contribution < -0.4 is 20.8 Å². The zero-order chi connectivity index (χ0) is 28.9. The van der Waals surface area contributed by atoms with Gasteiger partial charge in [-0.15, -0.1) is 5.10 Å². The second kappa shape index (κ2) is 12.1. The molecule has 2 amide bonds. The fourth-order valence-corrected chi connectivity index (χ4v) is 4.78. The molecular weight excluding hydrogens is 598 g/mol. The number of ether oxygens (including phenoxy) is 1. The van der Waals surface area contributed by atoms with Crippen molar-refractivity contribution in [2.75, 3.05) is 16.1 Å². The monoisotopic (exact) mass is 623 g/mol. The highest BCUT2D eigenvalue weighted by Crippen LogP contribution is 2.34. The van der Waals surface area contributed by atoms with Crippen molar-refractivity contribution in [3.8, 4) is 5.75 Å². The average Bonchev–Trinajstić information content (AvgIpc) is 3.46. The van der Waals surface area contributed by atoms with Crippen LogP contribution in [0, 0.1) is 0 Å². The van der Waals surface area contributed by atoms with E-state index in [0.29, 0.717) is 22.7 Å². The van der Waals surface area contributed by atoms with Crippen LogP contribution in [-0.2, 0) is 17.9 Å². The molecule has 3 N–H and O–H groups in total. The number of halogens is 1. The molecule has 5 aromatic rings. The minimum Gasteiger partial charge on any atom is -0.487 e. The van der Waals surface area contributed by atoms with Crippen LogP contribution in [-0.4, -0.2) is 31.8 Å². The van der Waals surface area contributed by atoms with Gasteiger partial charge in [-0.05, 0) is 66.2 Å². The molecule has 1 aliphatic heterocycles. The number of amides is 2. The molecule has 11 heteroatoms. The topological polar surface area (TPSA) is 113 Å². The Bertz CT molecular complexity index is 1690. The van der Waals surface area contributed by atoms with E-state index in [1.54, 1.807) is 11.2 Å². The first kappa shape index (κ1) is 27.0. The van der Waals surface area contributed by atoms with Crippen LogP contribution in [0.15, 0.2) is 114 Å². The van der Waals surface area contributed by atoms with E-state index in [1.165, 1.54) is 4.68 Å². The predicted molar refractivity (Wildman–Crippen MR) is 163 cm³/mol. The summed E-state index contributed by atoms with van der Waals surface area (Å²) in [5.74, 6) is 0.289. The molecule has 4 aromatic carbocycles. The highest BCUT2D eigenvalue weighted by Gasteiger charge is 2.33. The summed E-state index contributed by atoms with van der Waals surface area (Å²) in [4.78, 5) is 25.8. The lowest BCUT2D eigenvalue weighted by Crippen LogP contribution is -2.46. The fraction of sp³-hybridized carbons (Fsp3) is 0.0968. The van der Waals surface area contributed by atoms with Crippen LogP contribution in [0.3, 0.4) is 0 Å².